The summed E-state index contributed by atoms with van der Waals surface area (Å²) in [5.41, 5.74) is 0. The van der Waals surface area contributed by atoms with Crippen molar-refractivity contribution in [2.24, 2.45) is 0 Å². The second-order valence-electron chi connectivity index (χ2n) is 2.07. The summed E-state index contributed by atoms with van der Waals surface area (Å²) < 4.78 is 0. The van der Waals surface area contributed by atoms with Crippen LogP contribution in [0.3, 0.4) is 0 Å². The van der Waals surface area contributed by atoms with E-state index in [-0.39, 0.29) is 0 Å². The van der Waals surface area contributed by atoms with Gasteiger partial charge in [0.25, 0.3) is 0 Å². The van der Waals surface area contributed by atoms with E-state index in [1.54, 1.807) is 0 Å². The quantitative estimate of drug-likeness (QED) is 0.438. The van der Waals surface area contributed by atoms with Crippen LogP contribution in [0.5, 0.6) is 0 Å². The van der Waals surface area contributed by atoms with Crippen molar-refractivity contribution in [2.45, 2.75) is 0 Å². The molecule has 0 N–H and O–H groups in total. The van der Waals surface area contributed by atoms with Crippen molar-refractivity contribution in [1.82, 2.24) is 4.90 Å². The van der Waals surface area contributed by atoms with Gasteiger partial charge in [0.15, 0.2) is 0 Å². The number of rotatable bonds is 6. The fraction of sp³-hybridized carbons (Fsp3) is 0.333. The van der Waals surface area contributed by atoms with Crippen LogP contribution in [-0.2, 0) is 0 Å². The molecule has 62 valence electrons. The Balaban J connectivity index is 3.76. The summed E-state index contributed by atoms with van der Waals surface area (Å²) in [4.78, 5) is 2.07. The zero-order valence-corrected chi connectivity index (χ0v) is 7.43. The van der Waals surface area contributed by atoms with Gasteiger partial charge >= 0.3 is 0 Å². The van der Waals surface area contributed by atoms with Gasteiger partial charge in [-0.15, -0.1) is 24.8 Å². The largest absolute Gasteiger partial charge is 0.370 e. The lowest BCUT2D eigenvalue weighted by molar-refractivity contribution is 0.462. The predicted octanol–water partition coefficient (Wildman–Crippen LogP) is 2.41. The van der Waals surface area contributed by atoms with Crippen LogP contribution in [-0.4, -0.2) is 23.9 Å². The average molecular weight is 172 g/mol. The highest BCUT2D eigenvalue weighted by Gasteiger charge is 1.89. The van der Waals surface area contributed by atoms with Crippen molar-refractivity contribution in [3.63, 3.8) is 0 Å². The van der Waals surface area contributed by atoms with Crippen LogP contribution < -0.4 is 0 Å². The van der Waals surface area contributed by atoms with Crippen molar-refractivity contribution in [3.05, 3.63) is 37.6 Å². The summed E-state index contributed by atoms with van der Waals surface area (Å²) in [6, 6.07) is 0. The molecule has 11 heavy (non-hydrogen) atoms. The minimum absolute atomic E-state index is 0.546. The van der Waals surface area contributed by atoms with Gasteiger partial charge in [0.2, 0.25) is 0 Å². The molecule has 0 saturated carbocycles. The molecule has 0 atom stereocenters. The zero-order valence-electron chi connectivity index (χ0n) is 6.67. The lowest BCUT2D eigenvalue weighted by atomic mass is 10.4. The van der Waals surface area contributed by atoms with Gasteiger partial charge in [0.1, 0.15) is 0 Å². The summed E-state index contributed by atoms with van der Waals surface area (Å²) in [5.74, 6) is 0.546. The lowest BCUT2D eigenvalue weighted by Crippen LogP contribution is -2.16. The van der Waals surface area contributed by atoms with Gasteiger partial charge in [0.05, 0.1) is 0 Å². The molecule has 0 unspecified atom stereocenters. The normalized spacial score (nSPS) is 9.91. The molecule has 0 saturated heterocycles. The number of hydrogen-bond donors (Lipinski definition) is 0. The van der Waals surface area contributed by atoms with E-state index in [0.29, 0.717) is 5.88 Å². The standard InChI is InChI=1S/C9H14ClN/c1-3-7-11(8-4-2)9-5-6-10/h3-5,9H,1-2,6-8H2. The van der Waals surface area contributed by atoms with Crippen LogP contribution in [0.2, 0.25) is 0 Å². The lowest BCUT2D eigenvalue weighted by Gasteiger charge is -2.15. The molecule has 0 aromatic carbocycles. The summed E-state index contributed by atoms with van der Waals surface area (Å²) in [7, 11) is 0. The maximum absolute atomic E-state index is 5.48. The molecule has 0 heterocycles. The highest BCUT2D eigenvalue weighted by Crippen LogP contribution is 1.91. The third kappa shape index (κ3) is 5.74. The maximum atomic E-state index is 5.48. The van der Waals surface area contributed by atoms with E-state index < -0.39 is 0 Å². The second kappa shape index (κ2) is 7.42. The van der Waals surface area contributed by atoms with Crippen LogP contribution in [0.15, 0.2) is 37.6 Å². The van der Waals surface area contributed by atoms with Crippen LogP contribution in [0.25, 0.3) is 0 Å². The van der Waals surface area contributed by atoms with Gasteiger partial charge in [-0.1, -0.05) is 18.2 Å². The molecule has 1 nitrogen and oxygen atoms in total. The third-order valence-electron chi connectivity index (χ3n) is 1.13. The highest BCUT2D eigenvalue weighted by atomic mass is 35.5. The molecular weight excluding hydrogens is 158 g/mol. The molecule has 0 fully saturated rings. The van der Waals surface area contributed by atoms with Gasteiger partial charge < -0.3 is 4.90 Å². The van der Waals surface area contributed by atoms with Gasteiger partial charge in [-0.3, -0.25) is 0 Å². The molecule has 0 aromatic rings. The first-order valence-electron chi connectivity index (χ1n) is 3.53. The molecule has 0 radical (unpaired) electrons. The molecule has 2 heteroatoms. The molecule has 0 rings (SSSR count). The minimum Gasteiger partial charge on any atom is -0.370 e. The first-order valence-corrected chi connectivity index (χ1v) is 4.07. The zero-order chi connectivity index (χ0) is 8.53. The molecule has 0 aliphatic heterocycles. The Labute approximate surface area is 73.7 Å². The molecule has 0 amide bonds. The first-order chi connectivity index (χ1) is 5.35. The van der Waals surface area contributed by atoms with Crippen LogP contribution >= 0.6 is 11.6 Å². The molecule has 0 aliphatic rings. The SMILES string of the molecule is C=CCN(C=CCCl)CC=C. The van der Waals surface area contributed by atoms with Crippen molar-refractivity contribution in [1.29, 1.82) is 0 Å². The summed E-state index contributed by atoms with van der Waals surface area (Å²) in [5, 5.41) is 0. The van der Waals surface area contributed by atoms with E-state index in [4.69, 9.17) is 11.6 Å². The molecular formula is C9H14ClN. The van der Waals surface area contributed by atoms with Crippen LogP contribution in [0.1, 0.15) is 0 Å². The van der Waals surface area contributed by atoms with Crippen molar-refractivity contribution >= 4 is 11.6 Å². The summed E-state index contributed by atoms with van der Waals surface area (Å²) >= 11 is 5.48. The van der Waals surface area contributed by atoms with Crippen LogP contribution in [0.4, 0.5) is 0 Å². The summed E-state index contributed by atoms with van der Waals surface area (Å²) in [6.07, 6.45) is 7.55. The van der Waals surface area contributed by atoms with Crippen molar-refractivity contribution in [2.75, 3.05) is 19.0 Å². The highest BCUT2D eigenvalue weighted by molar-refractivity contribution is 6.18. The van der Waals surface area contributed by atoms with Gasteiger partial charge in [0, 0.05) is 19.0 Å². The topological polar surface area (TPSA) is 3.24 Å². The van der Waals surface area contributed by atoms with E-state index >= 15 is 0 Å². The molecule has 0 spiro atoms. The number of hydrogen-bond acceptors (Lipinski definition) is 1. The fourth-order valence-corrected chi connectivity index (χ4v) is 0.796. The first kappa shape index (κ1) is 10.3. The van der Waals surface area contributed by atoms with Gasteiger partial charge in [-0.05, 0) is 6.20 Å². The molecule has 0 aromatic heterocycles. The maximum Gasteiger partial charge on any atom is 0.0421 e. The van der Waals surface area contributed by atoms with Crippen LogP contribution in [0, 0.1) is 0 Å². The predicted molar refractivity (Wildman–Crippen MR) is 51.8 cm³/mol. The Morgan fingerprint density at radius 1 is 1.18 bits per heavy atom. The second-order valence-corrected chi connectivity index (χ2v) is 2.38. The molecule has 0 aliphatic carbocycles. The van der Waals surface area contributed by atoms with E-state index in [2.05, 4.69) is 18.1 Å². The van der Waals surface area contributed by atoms with Crippen molar-refractivity contribution < 1.29 is 0 Å². The van der Waals surface area contributed by atoms with E-state index in [1.807, 2.05) is 24.4 Å². The van der Waals surface area contributed by atoms with E-state index in [9.17, 15) is 0 Å². The smallest absolute Gasteiger partial charge is 0.0421 e. The van der Waals surface area contributed by atoms with E-state index in [1.165, 1.54) is 0 Å². The van der Waals surface area contributed by atoms with Gasteiger partial charge in [-0.2, -0.15) is 0 Å². The van der Waals surface area contributed by atoms with Gasteiger partial charge in [-0.25, -0.2) is 0 Å². The Hall–Kier alpha value is -0.690. The van der Waals surface area contributed by atoms with E-state index in [0.717, 1.165) is 13.1 Å². The van der Waals surface area contributed by atoms with Crippen molar-refractivity contribution in [3.8, 4) is 0 Å². The number of halogens is 1. The number of allylic oxidation sites excluding steroid dienone is 1. The Morgan fingerprint density at radius 3 is 2.09 bits per heavy atom. The third-order valence-corrected chi connectivity index (χ3v) is 1.31. The number of alkyl halides is 1. The Kier molecular flexibility index (Phi) is 6.95. The molecule has 0 bridgehead atoms. The fourth-order valence-electron chi connectivity index (χ4n) is 0.717. The Bertz CT molecular complexity index is 130. The summed E-state index contributed by atoms with van der Waals surface area (Å²) in [6.45, 7) is 8.96. The number of nitrogens with zero attached hydrogens (tertiary/aromatic N) is 1. The average Bonchev–Trinajstić information content (AvgIpc) is 2.01. The monoisotopic (exact) mass is 171 g/mol. The Morgan fingerprint density at radius 2 is 1.73 bits per heavy atom. The minimum atomic E-state index is 0.546.